The summed E-state index contributed by atoms with van der Waals surface area (Å²) in [5.74, 6) is -0.563. The van der Waals surface area contributed by atoms with Gasteiger partial charge in [-0.3, -0.25) is 4.79 Å². The van der Waals surface area contributed by atoms with E-state index in [0.717, 1.165) is 16.9 Å². The lowest BCUT2D eigenvalue weighted by molar-refractivity contribution is 0.0784. The molecule has 1 aromatic heterocycles. The molecule has 0 saturated carbocycles. The Balaban J connectivity index is 2.05. The van der Waals surface area contributed by atoms with Crippen LogP contribution in [0.2, 0.25) is 4.47 Å². The average molecular weight is 286 g/mol. The summed E-state index contributed by atoms with van der Waals surface area (Å²) in [6.07, 6.45) is 0. The zero-order chi connectivity index (χ0) is 13.1. The van der Waals surface area contributed by atoms with Crippen LogP contribution in [-0.4, -0.2) is 28.1 Å². The Hall–Kier alpha value is -1.53. The molecule has 0 aliphatic heterocycles. The van der Waals surface area contributed by atoms with Crippen LogP contribution in [0.4, 0.5) is 4.39 Å². The Morgan fingerprint density at radius 1 is 1.39 bits per heavy atom. The van der Waals surface area contributed by atoms with E-state index in [1.165, 1.54) is 17.0 Å². The van der Waals surface area contributed by atoms with Crippen molar-refractivity contribution in [2.75, 3.05) is 7.05 Å². The van der Waals surface area contributed by atoms with Crippen LogP contribution in [0.1, 0.15) is 15.4 Å². The lowest BCUT2D eigenvalue weighted by Crippen LogP contribution is -2.26. The molecule has 0 unspecified atom stereocenters. The Kier molecular flexibility index (Phi) is 3.88. The fraction of sp³-hybridized carbons (Fsp3) is 0.182. The highest BCUT2D eigenvalue weighted by Gasteiger charge is 2.16. The van der Waals surface area contributed by atoms with Crippen LogP contribution < -0.4 is 0 Å². The van der Waals surface area contributed by atoms with E-state index in [0.29, 0.717) is 6.54 Å². The Morgan fingerprint density at radius 3 is 2.61 bits per heavy atom. The number of carbonyl (C=O) groups is 1. The van der Waals surface area contributed by atoms with E-state index in [4.69, 9.17) is 11.6 Å². The number of nitrogens with zero attached hydrogens (tertiary/aromatic N) is 3. The van der Waals surface area contributed by atoms with Gasteiger partial charge in [0.15, 0.2) is 0 Å². The zero-order valence-electron chi connectivity index (χ0n) is 9.43. The summed E-state index contributed by atoms with van der Waals surface area (Å²) < 4.78 is 13.0. The first kappa shape index (κ1) is 12.9. The van der Waals surface area contributed by atoms with Crippen LogP contribution in [0.15, 0.2) is 24.3 Å². The van der Waals surface area contributed by atoms with Crippen molar-refractivity contribution >= 4 is 28.8 Å². The second-order valence-electron chi connectivity index (χ2n) is 3.65. The van der Waals surface area contributed by atoms with E-state index in [-0.39, 0.29) is 21.2 Å². The van der Waals surface area contributed by atoms with Gasteiger partial charge in [0, 0.05) is 13.6 Å². The van der Waals surface area contributed by atoms with E-state index >= 15 is 0 Å². The number of amides is 1. The summed E-state index contributed by atoms with van der Waals surface area (Å²) >= 11 is 6.65. The van der Waals surface area contributed by atoms with Crippen molar-refractivity contribution in [2.24, 2.45) is 0 Å². The summed E-state index contributed by atoms with van der Waals surface area (Å²) in [7, 11) is 1.64. The molecule has 0 aliphatic carbocycles. The highest BCUT2D eigenvalue weighted by Crippen LogP contribution is 2.17. The van der Waals surface area contributed by atoms with Crippen LogP contribution in [0.25, 0.3) is 0 Å². The third-order valence-electron chi connectivity index (χ3n) is 2.26. The predicted octanol–water partition coefficient (Wildman–Crippen LogP) is 2.60. The van der Waals surface area contributed by atoms with Crippen LogP contribution in [0.5, 0.6) is 0 Å². The molecular formula is C11H9ClFN3OS. The molecule has 94 valence electrons. The normalized spacial score (nSPS) is 10.4. The summed E-state index contributed by atoms with van der Waals surface area (Å²) in [5, 5.41) is 7.49. The van der Waals surface area contributed by atoms with Gasteiger partial charge in [-0.1, -0.05) is 23.5 Å². The third-order valence-corrected chi connectivity index (χ3v) is 3.27. The Morgan fingerprint density at radius 2 is 2.06 bits per heavy atom. The minimum absolute atomic E-state index is 0.230. The van der Waals surface area contributed by atoms with Gasteiger partial charge in [0.25, 0.3) is 5.91 Å². The van der Waals surface area contributed by atoms with Crippen LogP contribution >= 0.6 is 22.9 Å². The van der Waals surface area contributed by atoms with E-state index in [1.807, 2.05) is 0 Å². The molecule has 7 heteroatoms. The Bertz CT molecular complexity index is 558. The minimum Gasteiger partial charge on any atom is -0.335 e. The first-order valence-corrected chi connectivity index (χ1v) is 6.24. The Labute approximate surface area is 112 Å². The molecule has 1 amide bonds. The van der Waals surface area contributed by atoms with Gasteiger partial charge in [-0.05, 0) is 29.3 Å². The van der Waals surface area contributed by atoms with Gasteiger partial charge in [0.1, 0.15) is 5.82 Å². The summed E-state index contributed by atoms with van der Waals surface area (Å²) in [4.78, 5) is 13.4. The van der Waals surface area contributed by atoms with Gasteiger partial charge in [0.05, 0.1) is 0 Å². The molecule has 0 N–H and O–H groups in total. The molecular weight excluding hydrogens is 277 g/mol. The summed E-state index contributed by atoms with van der Waals surface area (Å²) in [5.41, 5.74) is 0.836. The van der Waals surface area contributed by atoms with Crippen molar-refractivity contribution in [3.8, 4) is 0 Å². The largest absolute Gasteiger partial charge is 0.335 e. The number of hydrogen-bond donors (Lipinski definition) is 0. The molecule has 18 heavy (non-hydrogen) atoms. The predicted molar refractivity (Wildman–Crippen MR) is 67.1 cm³/mol. The molecule has 0 radical (unpaired) electrons. The molecule has 0 atom stereocenters. The van der Waals surface area contributed by atoms with Gasteiger partial charge in [-0.2, -0.15) is 0 Å². The van der Waals surface area contributed by atoms with Gasteiger partial charge in [-0.25, -0.2) is 4.39 Å². The number of halogens is 2. The van der Waals surface area contributed by atoms with E-state index in [1.54, 1.807) is 19.2 Å². The quantitative estimate of drug-likeness (QED) is 0.871. The SMILES string of the molecule is CN(Cc1ccc(F)cc1)C(=O)c1nnc(Cl)s1. The fourth-order valence-electron chi connectivity index (χ4n) is 1.39. The van der Waals surface area contributed by atoms with Crippen molar-refractivity contribution in [1.82, 2.24) is 15.1 Å². The van der Waals surface area contributed by atoms with Gasteiger partial charge in [-0.15, -0.1) is 10.2 Å². The molecule has 1 aromatic carbocycles. The van der Waals surface area contributed by atoms with Crippen LogP contribution in [0.3, 0.4) is 0 Å². The van der Waals surface area contributed by atoms with Crippen molar-refractivity contribution < 1.29 is 9.18 Å². The maximum absolute atomic E-state index is 12.7. The fourth-order valence-corrected chi connectivity index (χ4v) is 2.21. The topological polar surface area (TPSA) is 46.1 Å². The van der Waals surface area contributed by atoms with Crippen LogP contribution in [0, 0.1) is 5.82 Å². The maximum Gasteiger partial charge on any atom is 0.284 e. The smallest absolute Gasteiger partial charge is 0.284 e. The van der Waals surface area contributed by atoms with Crippen molar-refractivity contribution in [3.63, 3.8) is 0 Å². The summed E-state index contributed by atoms with van der Waals surface area (Å²) in [6, 6.07) is 5.98. The molecule has 0 saturated heterocycles. The van der Waals surface area contributed by atoms with Crippen molar-refractivity contribution in [1.29, 1.82) is 0 Å². The molecule has 0 spiro atoms. The van der Waals surface area contributed by atoms with Gasteiger partial charge < -0.3 is 4.90 Å². The first-order valence-electron chi connectivity index (χ1n) is 5.05. The third kappa shape index (κ3) is 3.02. The van der Waals surface area contributed by atoms with Crippen LogP contribution in [-0.2, 0) is 6.54 Å². The zero-order valence-corrected chi connectivity index (χ0v) is 11.0. The molecule has 0 aliphatic rings. The second kappa shape index (κ2) is 5.41. The maximum atomic E-state index is 12.7. The lowest BCUT2D eigenvalue weighted by atomic mass is 10.2. The van der Waals surface area contributed by atoms with E-state index in [9.17, 15) is 9.18 Å². The molecule has 2 rings (SSSR count). The van der Waals surface area contributed by atoms with E-state index in [2.05, 4.69) is 10.2 Å². The van der Waals surface area contributed by atoms with Crippen molar-refractivity contribution in [2.45, 2.75) is 6.54 Å². The molecule has 0 bridgehead atoms. The van der Waals surface area contributed by atoms with Crippen molar-refractivity contribution in [3.05, 3.63) is 45.1 Å². The number of benzene rings is 1. The number of carbonyl (C=O) groups excluding carboxylic acids is 1. The van der Waals surface area contributed by atoms with Gasteiger partial charge in [0.2, 0.25) is 9.47 Å². The average Bonchev–Trinajstić information content (AvgIpc) is 2.78. The molecule has 1 heterocycles. The molecule has 2 aromatic rings. The minimum atomic E-state index is -0.302. The number of hydrogen-bond acceptors (Lipinski definition) is 4. The number of aromatic nitrogens is 2. The van der Waals surface area contributed by atoms with Gasteiger partial charge >= 0.3 is 0 Å². The first-order chi connectivity index (χ1) is 8.56. The highest BCUT2D eigenvalue weighted by molar-refractivity contribution is 7.17. The molecule has 0 fully saturated rings. The second-order valence-corrected chi connectivity index (χ2v) is 5.21. The lowest BCUT2D eigenvalue weighted by Gasteiger charge is -2.15. The number of rotatable bonds is 3. The van der Waals surface area contributed by atoms with E-state index < -0.39 is 0 Å². The summed E-state index contributed by atoms with van der Waals surface area (Å²) in [6.45, 7) is 0.371. The highest BCUT2D eigenvalue weighted by atomic mass is 35.5. The standard InChI is InChI=1S/C11H9ClFN3OS/c1-16(6-7-2-4-8(13)5-3-7)10(17)9-14-15-11(12)18-9/h2-5H,6H2,1H3. The monoisotopic (exact) mass is 285 g/mol. The molecule has 4 nitrogen and oxygen atoms in total.